The first-order valence-electron chi connectivity index (χ1n) is 5.80. The lowest BCUT2D eigenvalue weighted by atomic mass is 10.2. The van der Waals surface area contributed by atoms with Gasteiger partial charge in [-0.3, -0.25) is 0 Å². The molecule has 0 bridgehead atoms. The molecule has 0 amide bonds. The van der Waals surface area contributed by atoms with Crippen LogP contribution in [-0.4, -0.2) is 21.6 Å². The van der Waals surface area contributed by atoms with Crippen LogP contribution in [0, 0.1) is 0 Å². The SMILES string of the molecule is NC(=NCc1cnn2ccccc12)NC1CC1. The number of aliphatic imine (C=N–C) groups is 1. The second-order valence-electron chi connectivity index (χ2n) is 4.32. The summed E-state index contributed by atoms with van der Waals surface area (Å²) in [6, 6.07) is 6.52. The van der Waals surface area contributed by atoms with Crippen LogP contribution < -0.4 is 11.1 Å². The molecule has 1 fully saturated rings. The van der Waals surface area contributed by atoms with Gasteiger partial charge in [-0.05, 0) is 25.0 Å². The number of guanidine groups is 1. The Bertz CT molecular complexity index is 553. The molecule has 1 aliphatic carbocycles. The average molecular weight is 229 g/mol. The molecule has 0 radical (unpaired) electrons. The number of hydrogen-bond acceptors (Lipinski definition) is 2. The molecule has 0 aliphatic heterocycles. The van der Waals surface area contributed by atoms with E-state index in [9.17, 15) is 0 Å². The summed E-state index contributed by atoms with van der Waals surface area (Å²) in [5.41, 5.74) is 7.96. The Morgan fingerprint density at radius 1 is 1.53 bits per heavy atom. The average Bonchev–Trinajstić information content (AvgIpc) is 3.06. The summed E-state index contributed by atoms with van der Waals surface area (Å²) in [5.74, 6) is 0.530. The van der Waals surface area contributed by atoms with E-state index in [0.717, 1.165) is 11.1 Å². The monoisotopic (exact) mass is 229 g/mol. The lowest BCUT2D eigenvalue weighted by molar-refractivity contribution is 0.880. The van der Waals surface area contributed by atoms with Gasteiger partial charge < -0.3 is 11.1 Å². The number of nitrogens with zero attached hydrogens (tertiary/aromatic N) is 3. The second-order valence-corrected chi connectivity index (χ2v) is 4.32. The Kier molecular flexibility index (Phi) is 2.44. The summed E-state index contributed by atoms with van der Waals surface area (Å²) in [5, 5.41) is 7.42. The van der Waals surface area contributed by atoms with Crippen molar-refractivity contribution >= 4 is 11.5 Å². The molecule has 1 saturated carbocycles. The summed E-state index contributed by atoms with van der Waals surface area (Å²) >= 11 is 0. The van der Waals surface area contributed by atoms with Crippen LogP contribution in [0.1, 0.15) is 18.4 Å². The third-order valence-corrected chi connectivity index (χ3v) is 2.86. The Labute approximate surface area is 99.3 Å². The third kappa shape index (κ3) is 2.22. The standard InChI is InChI=1S/C12H15N5/c13-12(16-10-4-5-10)14-7-9-8-15-17-6-2-1-3-11(9)17/h1-3,6,8,10H,4-5,7H2,(H3,13,14,16). The lowest BCUT2D eigenvalue weighted by Gasteiger charge is -2.02. The molecule has 3 rings (SSSR count). The van der Waals surface area contributed by atoms with Crippen molar-refractivity contribution in [3.8, 4) is 0 Å². The van der Waals surface area contributed by atoms with E-state index in [4.69, 9.17) is 5.73 Å². The van der Waals surface area contributed by atoms with E-state index in [-0.39, 0.29) is 0 Å². The van der Waals surface area contributed by atoms with Gasteiger partial charge in [0.15, 0.2) is 5.96 Å². The molecular weight excluding hydrogens is 214 g/mol. The van der Waals surface area contributed by atoms with Crippen LogP contribution in [-0.2, 0) is 6.54 Å². The summed E-state index contributed by atoms with van der Waals surface area (Å²) in [7, 11) is 0. The highest BCUT2D eigenvalue weighted by atomic mass is 15.2. The molecule has 17 heavy (non-hydrogen) atoms. The van der Waals surface area contributed by atoms with Crippen molar-refractivity contribution < 1.29 is 0 Å². The molecule has 88 valence electrons. The van der Waals surface area contributed by atoms with Gasteiger partial charge in [0.1, 0.15) is 0 Å². The molecule has 3 N–H and O–H groups in total. The number of fused-ring (bicyclic) bond motifs is 1. The lowest BCUT2D eigenvalue weighted by Crippen LogP contribution is -2.33. The predicted molar refractivity (Wildman–Crippen MR) is 66.7 cm³/mol. The van der Waals surface area contributed by atoms with E-state index in [1.807, 2.05) is 35.1 Å². The zero-order valence-corrected chi connectivity index (χ0v) is 9.50. The van der Waals surface area contributed by atoms with E-state index in [1.54, 1.807) is 0 Å². The molecule has 0 unspecified atom stereocenters. The van der Waals surface area contributed by atoms with Crippen molar-refractivity contribution in [1.29, 1.82) is 0 Å². The highest BCUT2D eigenvalue weighted by Crippen LogP contribution is 2.18. The van der Waals surface area contributed by atoms with E-state index >= 15 is 0 Å². The van der Waals surface area contributed by atoms with Gasteiger partial charge in [-0.15, -0.1) is 0 Å². The van der Waals surface area contributed by atoms with Crippen molar-refractivity contribution in [2.75, 3.05) is 0 Å². The van der Waals surface area contributed by atoms with Gasteiger partial charge in [-0.25, -0.2) is 9.51 Å². The van der Waals surface area contributed by atoms with Gasteiger partial charge >= 0.3 is 0 Å². The summed E-state index contributed by atoms with van der Waals surface area (Å²) in [6.45, 7) is 0.569. The minimum atomic E-state index is 0.530. The normalized spacial score (nSPS) is 16.4. The summed E-state index contributed by atoms with van der Waals surface area (Å²) in [4.78, 5) is 4.33. The van der Waals surface area contributed by atoms with Crippen molar-refractivity contribution in [2.45, 2.75) is 25.4 Å². The summed E-state index contributed by atoms with van der Waals surface area (Å²) in [6.07, 6.45) is 6.16. The van der Waals surface area contributed by atoms with Gasteiger partial charge in [0, 0.05) is 17.8 Å². The van der Waals surface area contributed by atoms with Crippen LogP contribution in [0.4, 0.5) is 0 Å². The Morgan fingerprint density at radius 3 is 3.24 bits per heavy atom. The molecule has 5 nitrogen and oxygen atoms in total. The van der Waals surface area contributed by atoms with E-state index in [1.165, 1.54) is 12.8 Å². The molecule has 0 saturated heterocycles. The minimum absolute atomic E-state index is 0.530. The van der Waals surface area contributed by atoms with E-state index in [2.05, 4.69) is 15.4 Å². The molecule has 0 spiro atoms. The molecule has 2 aromatic rings. The van der Waals surface area contributed by atoms with Gasteiger partial charge in [0.2, 0.25) is 0 Å². The third-order valence-electron chi connectivity index (χ3n) is 2.86. The number of aromatic nitrogens is 2. The second kappa shape index (κ2) is 4.08. The number of nitrogens with two attached hydrogens (primary N) is 1. The van der Waals surface area contributed by atoms with Crippen LogP contribution >= 0.6 is 0 Å². The Hall–Kier alpha value is -2.04. The molecular formula is C12H15N5. The maximum Gasteiger partial charge on any atom is 0.189 e. The van der Waals surface area contributed by atoms with Gasteiger partial charge in [0.05, 0.1) is 18.3 Å². The molecule has 1 aliphatic rings. The minimum Gasteiger partial charge on any atom is -0.370 e. The first-order chi connectivity index (χ1) is 8.33. The van der Waals surface area contributed by atoms with Gasteiger partial charge in [0.25, 0.3) is 0 Å². The highest BCUT2D eigenvalue weighted by molar-refractivity contribution is 5.78. The van der Waals surface area contributed by atoms with Crippen LogP contribution in [0.15, 0.2) is 35.6 Å². The van der Waals surface area contributed by atoms with Crippen LogP contribution in [0.5, 0.6) is 0 Å². The number of pyridine rings is 1. The van der Waals surface area contributed by atoms with Crippen molar-refractivity contribution in [1.82, 2.24) is 14.9 Å². The van der Waals surface area contributed by atoms with Gasteiger partial charge in [-0.1, -0.05) is 6.07 Å². The molecule has 5 heteroatoms. The van der Waals surface area contributed by atoms with Crippen molar-refractivity contribution in [3.05, 3.63) is 36.2 Å². The van der Waals surface area contributed by atoms with Crippen LogP contribution in [0.2, 0.25) is 0 Å². The molecule has 2 aromatic heterocycles. The van der Waals surface area contributed by atoms with E-state index < -0.39 is 0 Å². The smallest absolute Gasteiger partial charge is 0.189 e. The molecule has 2 heterocycles. The topological polar surface area (TPSA) is 67.7 Å². The van der Waals surface area contributed by atoms with Crippen molar-refractivity contribution in [3.63, 3.8) is 0 Å². The fourth-order valence-corrected chi connectivity index (χ4v) is 1.76. The fourth-order valence-electron chi connectivity index (χ4n) is 1.76. The largest absolute Gasteiger partial charge is 0.370 e. The predicted octanol–water partition coefficient (Wildman–Crippen LogP) is 0.901. The van der Waals surface area contributed by atoms with Crippen LogP contribution in [0.3, 0.4) is 0 Å². The molecule has 0 atom stereocenters. The first kappa shape index (κ1) is 10.1. The Morgan fingerprint density at radius 2 is 2.41 bits per heavy atom. The fraction of sp³-hybridized carbons (Fsp3) is 0.333. The van der Waals surface area contributed by atoms with E-state index in [0.29, 0.717) is 18.5 Å². The summed E-state index contributed by atoms with van der Waals surface area (Å²) < 4.78 is 1.84. The zero-order chi connectivity index (χ0) is 11.7. The first-order valence-corrected chi connectivity index (χ1v) is 5.80. The Balaban J connectivity index is 1.75. The molecule has 0 aromatic carbocycles. The number of rotatable bonds is 3. The quantitative estimate of drug-likeness (QED) is 0.607. The maximum atomic E-state index is 5.79. The highest BCUT2D eigenvalue weighted by Gasteiger charge is 2.21. The number of hydrogen-bond donors (Lipinski definition) is 2. The maximum absolute atomic E-state index is 5.79. The van der Waals surface area contributed by atoms with Gasteiger partial charge in [-0.2, -0.15) is 5.10 Å². The van der Waals surface area contributed by atoms with Crippen molar-refractivity contribution in [2.24, 2.45) is 10.7 Å². The van der Waals surface area contributed by atoms with Crippen LogP contribution in [0.25, 0.3) is 5.52 Å². The zero-order valence-electron chi connectivity index (χ0n) is 9.50. The number of nitrogens with one attached hydrogen (secondary N) is 1.